The van der Waals surface area contributed by atoms with Gasteiger partial charge in [0, 0.05) is 41.9 Å². The average Bonchev–Trinajstić information content (AvgIpc) is 3.12. The van der Waals surface area contributed by atoms with Crippen molar-refractivity contribution in [2.75, 3.05) is 7.11 Å². The molecule has 0 radical (unpaired) electrons. The third kappa shape index (κ3) is 3.62. The van der Waals surface area contributed by atoms with Gasteiger partial charge in [-0.3, -0.25) is 9.78 Å². The molecule has 7 heteroatoms. The van der Waals surface area contributed by atoms with Crippen molar-refractivity contribution in [3.63, 3.8) is 0 Å². The molecule has 0 spiro atoms. The van der Waals surface area contributed by atoms with Gasteiger partial charge in [0.1, 0.15) is 11.3 Å². The molecule has 1 heterocycles. The number of rotatable bonds is 5. The van der Waals surface area contributed by atoms with Gasteiger partial charge in [0.25, 0.3) is 5.91 Å². The number of nitrogens with zero attached hydrogens (tertiary/aromatic N) is 1. The Morgan fingerprint density at radius 1 is 1.10 bits per heavy atom. The molecule has 0 unspecified atom stereocenters. The Morgan fingerprint density at radius 3 is 2.40 bits per heavy atom. The number of carboxylic acid groups (broad SMARTS) is 1. The van der Waals surface area contributed by atoms with E-state index in [0.29, 0.717) is 27.5 Å². The van der Waals surface area contributed by atoms with E-state index in [1.165, 1.54) is 13.3 Å². The fourth-order valence-corrected chi connectivity index (χ4v) is 4.01. The van der Waals surface area contributed by atoms with Crippen LogP contribution in [0.25, 0.3) is 11.1 Å². The van der Waals surface area contributed by atoms with Crippen molar-refractivity contribution in [2.24, 2.45) is 0 Å². The minimum absolute atomic E-state index is 0.242. The van der Waals surface area contributed by atoms with Crippen molar-refractivity contribution in [3.05, 3.63) is 82.6 Å². The van der Waals surface area contributed by atoms with Gasteiger partial charge < -0.3 is 15.2 Å². The molecule has 2 N–H and O–H groups in total. The summed E-state index contributed by atoms with van der Waals surface area (Å²) in [5.41, 5.74) is 2.14. The number of carbonyl (C=O) groups is 2. The summed E-state index contributed by atoms with van der Waals surface area (Å²) in [4.78, 5) is 29.3. The quantitative estimate of drug-likeness (QED) is 0.653. The normalized spacial score (nSPS) is 14.1. The Morgan fingerprint density at radius 2 is 1.80 bits per heavy atom. The van der Waals surface area contributed by atoms with Gasteiger partial charge in [-0.25, -0.2) is 4.79 Å². The second-order valence-electron chi connectivity index (χ2n) is 7.27. The summed E-state index contributed by atoms with van der Waals surface area (Å²) >= 11 is 6.06. The van der Waals surface area contributed by atoms with E-state index in [-0.39, 0.29) is 12.8 Å². The van der Waals surface area contributed by atoms with Crippen LogP contribution < -0.4 is 10.1 Å². The molecule has 0 bridgehead atoms. The topological polar surface area (TPSA) is 88.5 Å². The maximum Gasteiger partial charge on any atom is 0.330 e. The number of aromatic nitrogens is 1. The third-order valence-electron chi connectivity index (χ3n) is 5.34. The lowest BCUT2D eigenvalue weighted by molar-refractivity contribution is -0.144. The lowest BCUT2D eigenvalue weighted by atomic mass is 9.94. The Hall–Kier alpha value is -3.38. The fraction of sp³-hybridized carbons (Fsp3) is 0.174. The van der Waals surface area contributed by atoms with Crippen molar-refractivity contribution < 1.29 is 19.4 Å². The number of carbonyl (C=O) groups excluding carboxylic acids is 1. The molecule has 1 amide bonds. The molecule has 152 valence electrons. The molecule has 4 rings (SSSR count). The second kappa shape index (κ2) is 7.80. The Balaban J connectivity index is 1.67. The van der Waals surface area contributed by atoms with E-state index in [0.717, 1.165) is 11.1 Å². The number of benzene rings is 2. The molecule has 1 aromatic heterocycles. The highest BCUT2D eigenvalue weighted by Crippen LogP contribution is 2.33. The van der Waals surface area contributed by atoms with Gasteiger partial charge in [-0.2, -0.15) is 0 Å². The molecular formula is C23H19ClN2O4. The van der Waals surface area contributed by atoms with Crippen LogP contribution in [0, 0.1) is 0 Å². The zero-order valence-corrected chi connectivity index (χ0v) is 16.9. The summed E-state index contributed by atoms with van der Waals surface area (Å²) in [6, 6.07) is 14.2. The first-order chi connectivity index (χ1) is 14.4. The molecular weight excluding hydrogens is 404 g/mol. The van der Waals surface area contributed by atoms with Gasteiger partial charge >= 0.3 is 5.97 Å². The van der Waals surface area contributed by atoms with Crippen LogP contribution in [0.1, 0.15) is 21.5 Å². The highest BCUT2D eigenvalue weighted by Gasteiger charge is 2.45. The number of ether oxygens (including phenoxy) is 1. The molecule has 6 nitrogen and oxygen atoms in total. The van der Waals surface area contributed by atoms with Gasteiger partial charge in [0.2, 0.25) is 0 Å². The minimum atomic E-state index is -1.38. The number of amides is 1. The number of halogens is 1. The van der Waals surface area contributed by atoms with Crippen LogP contribution in [0.4, 0.5) is 0 Å². The standard InChI is InChI=1S/C23H19ClN2O4/c1-30-20-7-6-14(9-19(20)17-8-18(24)13-25-12-17)21(27)26-23(22(28)29)10-15-4-2-3-5-16(15)11-23/h2-9,12-13H,10-11H2,1H3,(H,26,27)(H,28,29). The first-order valence-corrected chi connectivity index (χ1v) is 9.71. The van der Waals surface area contributed by atoms with Crippen molar-refractivity contribution in [1.82, 2.24) is 10.3 Å². The number of hydrogen-bond acceptors (Lipinski definition) is 4. The van der Waals surface area contributed by atoms with Gasteiger partial charge in [-0.05, 0) is 35.4 Å². The Kier molecular flexibility index (Phi) is 5.18. The monoisotopic (exact) mass is 422 g/mol. The first kappa shape index (κ1) is 19.9. The predicted octanol–water partition coefficient (Wildman–Crippen LogP) is 3.76. The van der Waals surface area contributed by atoms with Crippen molar-refractivity contribution >= 4 is 23.5 Å². The van der Waals surface area contributed by atoms with Crippen LogP contribution in [0.15, 0.2) is 60.9 Å². The lowest BCUT2D eigenvalue weighted by Crippen LogP contribution is -2.55. The van der Waals surface area contributed by atoms with E-state index in [4.69, 9.17) is 16.3 Å². The highest BCUT2D eigenvalue weighted by atomic mass is 35.5. The van der Waals surface area contributed by atoms with E-state index in [1.54, 1.807) is 30.5 Å². The molecule has 0 aliphatic heterocycles. The summed E-state index contributed by atoms with van der Waals surface area (Å²) < 4.78 is 5.41. The average molecular weight is 423 g/mol. The number of carboxylic acids is 1. The SMILES string of the molecule is COc1ccc(C(=O)NC2(C(=O)O)Cc3ccccc3C2)cc1-c1cncc(Cl)c1. The summed E-state index contributed by atoms with van der Waals surface area (Å²) in [5.74, 6) is -0.972. The van der Waals surface area contributed by atoms with Gasteiger partial charge in [-0.1, -0.05) is 35.9 Å². The maximum atomic E-state index is 13.1. The Labute approximate surface area is 178 Å². The first-order valence-electron chi connectivity index (χ1n) is 9.33. The molecule has 30 heavy (non-hydrogen) atoms. The number of fused-ring (bicyclic) bond motifs is 1. The predicted molar refractivity (Wildman–Crippen MR) is 113 cm³/mol. The summed E-state index contributed by atoms with van der Waals surface area (Å²) in [7, 11) is 1.53. The molecule has 0 saturated carbocycles. The molecule has 0 saturated heterocycles. The highest BCUT2D eigenvalue weighted by molar-refractivity contribution is 6.30. The number of nitrogens with one attached hydrogen (secondary N) is 1. The van der Waals surface area contributed by atoms with Gasteiger partial charge in [0.05, 0.1) is 12.1 Å². The van der Waals surface area contributed by atoms with E-state index in [2.05, 4.69) is 10.3 Å². The van der Waals surface area contributed by atoms with E-state index in [1.807, 2.05) is 24.3 Å². The second-order valence-corrected chi connectivity index (χ2v) is 7.71. The van der Waals surface area contributed by atoms with Crippen LogP contribution in [0.3, 0.4) is 0 Å². The number of hydrogen-bond donors (Lipinski definition) is 2. The van der Waals surface area contributed by atoms with E-state index < -0.39 is 17.4 Å². The van der Waals surface area contributed by atoms with Crippen LogP contribution in [0.5, 0.6) is 5.75 Å². The van der Waals surface area contributed by atoms with Crippen LogP contribution in [-0.4, -0.2) is 34.6 Å². The van der Waals surface area contributed by atoms with Crippen LogP contribution in [0.2, 0.25) is 5.02 Å². The van der Waals surface area contributed by atoms with Crippen molar-refractivity contribution in [2.45, 2.75) is 18.4 Å². The van der Waals surface area contributed by atoms with Crippen LogP contribution in [-0.2, 0) is 17.6 Å². The number of pyridine rings is 1. The maximum absolute atomic E-state index is 13.1. The van der Waals surface area contributed by atoms with Crippen molar-refractivity contribution in [1.29, 1.82) is 0 Å². The fourth-order valence-electron chi connectivity index (χ4n) is 3.83. The molecule has 1 aliphatic carbocycles. The lowest BCUT2D eigenvalue weighted by Gasteiger charge is -2.25. The summed E-state index contributed by atoms with van der Waals surface area (Å²) in [5, 5.41) is 13.1. The molecule has 3 aromatic rings. The largest absolute Gasteiger partial charge is 0.496 e. The Bertz CT molecular complexity index is 1120. The molecule has 1 aliphatic rings. The smallest absolute Gasteiger partial charge is 0.330 e. The van der Waals surface area contributed by atoms with Gasteiger partial charge in [0.15, 0.2) is 0 Å². The number of aliphatic carboxylic acids is 1. The summed E-state index contributed by atoms with van der Waals surface area (Å²) in [6.07, 6.45) is 3.62. The van der Waals surface area contributed by atoms with Crippen LogP contribution >= 0.6 is 11.6 Å². The van der Waals surface area contributed by atoms with Crippen molar-refractivity contribution in [3.8, 4) is 16.9 Å². The van der Waals surface area contributed by atoms with Gasteiger partial charge in [-0.15, -0.1) is 0 Å². The molecule has 0 fully saturated rings. The zero-order chi connectivity index (χ0) is 21.3. The third-order valence-corrected chi connectivity index (χ3v) is 5.55. The molecule has 0 atom stereocenters. The molecule has 2 aromatic carbocycles. The van der Waals surface area contributed by atoms with E-state index in [9.17, 15) is 14.7 Å². The minimum Gasteiger partial charge on any atom is -0.496 e. The zero-order valence-electron chi connectivity index (χ0n) is 16.2. The number of methoxy groups -OCH3 is 1. The van der Waals surface area contributed by atoms with E-state index >= 15 is 0 Å². The summed E-state index contributed by atoms with van der Waals surface area (Å²) in [6.45, 7) is 0.